The molecule has 0 radical (unpaired) electrons. The summed E-state index contributed by atoms with van der Waals surface area (Å²) in [4.78, 5) is 36.1. The lowest BCUT2D eigenvalue weighted by atomic mass is 9.96. The Morgan fingerprint density at radius 2 is 1.83 bits per heavy atom. The lowest BCUT2D eigenvalue weighted by Gasteiger charge is -2.45. The Morgan fingerprint density at radius 1 is 1.25 bits per heavy atom. The Balaban J connectivity index is 3.23. The van der Waals surface area contributed by atoms with E-state index in [0.717, 1.165) is 20.8 Å². The van der Waals surface area contributed by atoms with E-state index in [9.17, 15) is 19.5 Å². The number of rotatable bonds is 5. The highest BCUT2D eigenvalue weighted by Gasteiger charge is 2.57. The van der Waals surface area contributed by atoms with Crippen LogP contribution in [0.3, 0.4) is 0 Å². The first-order valence-electron chi connectivity index (χ1n) is 6.69. The zero-order valence-corrected chi connectivity index (χ0v) is 13.8. The van der Waals surface area contributed by atoms with Crippen molar-refractivity contribution in [2.45, 2.75) is 50.4 Å². The number of alkyl halides is 1. The summed E-state index contributed by atoms with van der Waals surface area (Å²) in [5, 5.41) is 11.0. The van der Waals surface area contributed by atoms with Crippen LogP contribution in [0.2, 0.25) is 0 Å². The van der Waals surface area contributed by atoms with Crippen LogP contribution < -0.4 is 0 Å². The SMILES string of the molecule is CC(=O)OC[C@H]1O[C@](O)(Cl)[C@H](OC(C)=O)[C@@H](N=[N+]=[N-])[C@H]1OC(C)=O. The van der Waals surface area contributed by atoms with E-state index in [1.807, 2.05) is 0 Å². The third kappa shape index (κ3) is 5.24. The first kappa shape index (κ1) is 20.0. The number of halogens is 1. The molecule has 12 heteroatoms. The molecule has 24 heavy (non-hydrogen) atoms. The fraction of sp³-hybridized carbons (Fsp3) is 0.750. The first-order valence-corrected chi connectivity index (χ1v) is 7.07. The molecular formula is C12H16ClN3O8. The zero-order chi connectivity index (χ0) is 18.5. The molecule has 0 aliphatic carbocycles. The molecule has 0 amide bonds. The van der Waals surface area contributed by atoms with Crippen molar-refractivity contribution in [1.82, 2.24) is 0 Å². The van der Waals surface area contributed by atoms with Crippen LogP contribution in [0.4, 0.5) is 0 Å². The highest BCUT2D eigenvalue weighted by molar-refractivity contribution is 6.22. The van der Waals surface area contributed by atoms with Gasteiger partial charge in [0.2, 0.25) is 0 Å². The van der Waals surface area contributed by atoms with Gasteiger partial charge >= 0.3 is 17.9 Å². The number of hydrogen-bond acceptors (Lipinski definition) is 9. The van der Waals surface area contributed by atoms with E-state index in [1.165, 1.54) is 0 Å². The number of carbonyl (C=O) groups is 3. The Labute approximate surface area is 141 Å². The van der Waals surface area contributed by atoms with Crippen LogP contribution in [0.5, 0.6) is 0 Å². The van der Waals surface area contributed by atoms with E-state index >= 15 is 0 Å². The molecule has 1 aliphatic heterocycles. The van der Waals surface area contributed by atoms with Crippen molar-refractivity contribution in [3.8, 4) is 0 Å². The van der Waals surface area contributed by atoms with E-state index in [1.54, 1.807) is 0 Å². The normalized spacial score (nSPS) is 32.2. The Hall–Kier alpha value is -2.07. The molecule has 0 spiro atoms. The molecule has 1 rings (SSSR count). The number of azide groups is 1. The van der Waals surface area contributed by atoms with Gasteiger partial charge in [0.1, 0.15) is 24.9 Å². The minimum atomic E-state index is -2.59. The number of ether oxygens (including phenoxy) is 4. The molecule has 0 bridgehead atoms. The van der Waals surface area contributed by atoms with Gasteiger partial charge < -0.3 is 24.1 Å². The van der Waals surface area contributed by atoms with Gasteiger partial charge in [0.15, 0.2) is 6.10 Å². The zero-order valence-electron chi connectivity index (χ0n) is 13.0. The fourth-order valence-corrected chi connectivity index (χ4v) is 2.41. The molecule has 1 fully saturated rings. The Morgan fingerprint density at radius 3 is 2.29 bits per heavy atom. The van der Waals surface area contributed by atoms with E-state index in [4.69, 9.17) is 36.1 Å². The highest BCUT2D eigenvalue weighted by atomic mass is 35.5. The van der Waals surface area contributed by atoms with Crippen LogP contribution in [0.1, 0.15) is 20.8 Å². The number of nitrogens with zero attached hydrogens (tertiary/aromatic N) is 3. The molecule has 0 saturated carbocycles. The predicted octanol–water partition coefficient (Wildman–Crippen LogP) is 0.375. The predicted molar refractivity (Wildman–Crippen MR) is 76.4 cm³/mol. The van der Waals surface area contributed by atoms with Crippen LogP contribution in [0.25, 0.3) is 10.4 Å². The van der Waals surface area contributed by atoms with Gasteiger partial charge in [-0.15, -0.1) is 0 Å². The third-order valence-corrected chi connectivity index (χ3v) is 3.22. The van der Waals surface area contributed by atoms with Crippen molar-refractivity contribution in [2.24, 2.45) is 5.11 Å². The molecule has 1 N–H and O–H groups in total. The molecule has 134 valence electrons. The summed E-state index contributed by atoms with van der Waals surface area (Å²) in [5.74, 6) is -2.28. The minimum absolute atomic E-state index is 0.452. The summed E-state index contributed by atoms with van der Waals surface area (Å²) in [7, 11) is 0. The second-order valence-electron chi connectivity index (χ2n) is 4.87. The van der Waals surface area contributed by atoms with Gasteiger partial charge in [-0.3, -0.25) is 14.4 Å². The van der Waals surface area contributed by atoms with Crippen LogP contribution >= 0.6 is 11.6 Å². The van der Waals surface area contributed by atoms with Gasteiger partial charge in [0.05, 0.1) is 0 Å². The molecule has 1 aliphatic rings. The Bertz CT molecular complexity index is 563. The summed E-state index contributed by atoms with van der Waals surface area (Å²) >= 11 is 5.82. The molecule has 1 saturated heterocycles. The minimum Gasteiger partial charge on any atom is -0.463 e. The van der Waals surface area contributed by atoms with Crippen LogP contribution in [-0.4, -0.2) is 59.2 Å². The standard InChI is InChI=1S/C12H16ClN3O8/c1-5(17)21-4-8-10(22-6(2)18)9(15-16-14)11(23-7(3)19)12(13,20)24-8/h8-11,20H,4H2,1-3H3/t8-,9+,10+,11-,12+/m1/s1. The summed E-state index contributed by atoms with van der Waals surface area (Å²) in [6.07, 6.45) is -4.24. The molecule has 11 nitrogen and oxygen atoms in total. The van der Waals surface area contributed by atoms with E-state index in [0.29, 0.717) is 0 Å². The van der Waals surface area contributed by atoms with Gasteiger partial charge in [-0.25, -0.2) is 0 Å². The van der Waals surface area contributed by atoms with Gasteiger partial charge in [0, 0.05) is 25.7 Å². The summed E-state index contributed by atoms with van der Waals surface area (Å²) < 4.78 is 19.8. The largest absolute Gasteiger partial charge is 0.463 e. The maximum Gasteiger partial charge on any atom is 0.303 e. The van der Waals surface area contributed by atoms with Gasteiger partial charge in [-0.05, 0) is 5.53 Å². The smallest absolute Gasteiger partial charge is 0.303 e. The van der Waals surface area contributed by atoms with Crippen molar-refractivity contribution in [1.29, 1.82) is 0 Å². The topological polar surface area (TPSA) is 157 Å². The van der Waals surface area contributed by atoms with E-state index in [2.05, 4.69) is 10.0 Å². The Kier molecular flexibility index (Phi) is 6.79. The molecule has 0 aromatic heterocycles. The molecule has 0 aromatic rings. The number of hydrogen-bond donors (Lipinski definition) is 1. The summed E-state index contributed by atoms with van der Waals surface area (Å²) in [6.45, 7) is 2.79. The van der Waals surface area contributed by atoms with Crippen molar-refractivity contribution in [2.75, 3.05) is 6.61 Å². The summed E-state index contributed by atoms with van der Waals surface area (Å²) in [6, 6.07) is -1.42. The maximum absolute atomic E-state index is 11.3. The van der Waals surface area contributed by atoms with Crippen molar-refractivity contribution in [3.63, 3.8) is 0 Å². The number of carbonyl (C=O) groups excluding carboxylic acids is 3. The van der Waals surface area contributed by atoms with Crippen LogP contribution in [0, 0.1) is 0 Å². The second kappa shape index (κ2) is 8.15. The first-order chi connectivity index (χ1) is 11.1. The van der Waals surface area contributed by atoms with E-state index in [-0.39, 0.29) is 0 Å². The average molecular weight is 366 g/mol. The lowest BCUT2D eigenvalue weighted by molar-refractivity contribution is -0.290. The quantitative estimate of drug-likeness (QED) is 0.183. The van der Waals surface area contributed by atoms with Crippen molar-refractivity contribution >= 4 is 29.5 Å². The summed E-state index contributed by atoms with van der Waals surface area (Å²) in [5.41, 5.74) is 8.72. The molecule has 0 unspecified atom stereocenters. The van der Waals surface area contributed by atoms with Gasteiger partial charge in [-0.2, -0.15) is 0 Å². The molecule has 0 aromatic carbocycles. The van der Waals surface area contributed by atoms with Crippen LogP contribution in [-0.2, 0) is 33.3 Å². The molecule has 5 atom stereocenters. The van der Waals surface area contributed by atoms with Gasteiger partial charge in [0.25, 0.3) is 5.25 Å². The lowest BCUT2D eigenvalue weighted by Crippen LogP contribution is -2.64. The van der Waals surface area contributed by atoms with Gasteiger partial charge in [-0.1, -0.05) is 16.7 Å². The second-order valence-corrected chi connectivity index (χ2v) is 5.41. The van der Waals surface area contributed by atoms with Crippen molar-refractivity contribution in [3.05, 3.63) is 10.4 Å². The molecular weight excluding hydrogens is 350 g/mol. The maximum atomic E-state index is 11.3. The number of aliphatic hydroxyl groups is 1. The molecule has 1 heterocycles. The van der Waals surface area contributed by atoms with E-state index < -0.39 is 54.1 Å². The van der Waals surface area contributed by atoms with Crippen molar-refractivity contribution < 1.29 is 38.4 Å². The third-order valence-electron chi connectivity index (χ3n) is 2.91. The highest BCUT2D eigenvalue weighted by Crippen LogP contribution is 2.36. The van der Waals surface area contributed by atoms with Crippen LogP contribution in [0.15, 0.2) is 5.11 Å². The average Bonchev–Trinajstić information content (AvgIpc) is 2.43. The fourth-order valence-electron chi connectivity index (χ4n) is 2.12. The number of esters is 3. The monoisotopic (exact) mass is 365 g/mol.